The number of hydrogen-bond donors (Lipinski definition) is 0. The molecule has 1 atom stereocenters. The van der Waals surface area contributed by atoms with E-state index in [0.29, 0.717) is 0 Å². The van der Waals surface area contributed by atoms with Crippen LogP contribution >= 0.6 is 0 Å². The average Bonchev–Trinajstić information content (AvgIpc) is 2.70. The van der Waals surface area contributed by atoms with Crippen LogP contribution in [0.1, 0.15) is 136 Å². The third-order valence-corrected chi connectivity index (χ3v) is 6.17. The fourth-order valence-corrected chi connectivity index (χ4v) is 4.60. The maximum atomic E-state index is 2.35. The Labute approximate surface area is 148 Å². The quantitative estimate of drug-likeness (QED) is 0.315. The van der Waals surface area contributed by atoms with Gasteiger partial charge in [0.1, 0.15) is 0 Å². The lowest BCUT2D eigenvalue weighted by Crippen LogP contribution is -2.15. The minimum atomic E-state index is 1.06. The Morgan fingerprint density at radius 3 is 1.61 bits per heavy atom. The molecule has 0 aliphatic heterocycles. The third-order valence-electron chi connectivity index (χ3n) is 6.17. The van der Waals surface area contributed by atoms with Gasteiger partial charge in [0.25, 0.3) is 0 Å². The molecule has 0 heterocycles. The van der Waals surface area contributed by atoms with Crippen LogP contribution < -0.4 is 0 Å². The van der Waals surface area contributed by atoms with Crippen molar-refractivity contribution in [3.05, 3.63) is 0 Å². The zero-order valence-electron chi connectivity index (χ0n) is 16.6. The van der Waals surface area contributed by atoms with E-state index in [2.05, 4.69) is 13.8 Å². The van der Waals surface area contributed by atoms with E-state index >= 15 is 0 Å². The molecule has 1 aliphatic rings. The zero-order valence-corrected chi connectivity index (χ0v) is 16.6. The highest BCUT2D eigenvalue weighted by molar-refractivity contribution is 4.73. The van der Waals surface area contributed by atoms with Gasteiger partial charge in [0.15, 0.2) is 0 Å². The maximum Gasteiger partial charge on any atom is -0.0386 e. The summed E-state index contributed by atoms with van der Waals surface area (Å²) in [4.78, 5) is 0. The molecule has 0 spiro atoms. The fourth-order valence-electron chi connectivity index (χ4n) is 4.60. The fraction of sp³-hybridized carbons (Fsp3) is 1.00. The van der Waals surface area contributed by atoms with E-state index in [4.69, 9.17) is 0 Å². The third kappa shape index (κ3) is 11.2. The molecule has 0 aromatic carbocycles. The molecule has 0 heteroatoms. The molecule has 1 saturated carbocycles. The monoisotopic (exact) mass is 322 g/mol. The lowest BCUT2D eigenvalue weighted by molar-refractivity contribution is 0.242. The van der Waals surface area contributed by atoms with Gasteiger partial charge >= 0.3 is 0 Å². The van der Waals surface area contributed by atoms with Gasteiger partial charge in [0.05, 0.1) is 0 Å². The Balaban J connectivity index is 2.34. The van der Waals surface area contributed by atoms with Gasteiger partial charge in [-0.15, -0.1) is 0 Å². The number of rotatable bonds is 12. The van der Waals surface area contributed by atoms with Crippen molar-refractivity contribution in [3.63, 3.8) is 0 Å². The molecule has 0 N–H and O–H groups in total. The predicted octanol–water partition coefficient (Wildman–Crippen LogP) is 8.68. The normalized spacial score (nSPS) is 19.0. The van der Waals surface area contributed by atoms with Crippen LogP contribution in [0.25, 0.3) is 0 Å². The molecule has 0 bridgehead atoms. The summed E-state index contributed by atoms with van der Waals surface area (Å²) >= 11 is 0. The molecule has 1 fully saturated rings. The summed E-state index contributed by atoms with van der Waals surface area (Å²) in [6.07, 6.45) is 28.4. The van der Waals surface area contributed by atoms with Crippen molar-refractivity contribution < 1.29 is 0 Å². The van der Waals surface area contributed by atoms with Gasteiger partial charge in [-0.1, -0.05) is 136 Å². The van der Waals surface area contributed by atoms with Crippen molar-refractivity contribution in [2.24, 2.45) is 11.8 Å². The summed E-state index contributed by atoms with van der Waals surface area (Å²) in [6.45, 7) is 4.67. The second-order valence-electron chi connectivity index (χ2n) is 8.27. The van der Waals surface area contributed by atoms with Crippen LogP contribution in [-0.4, -0.2) is 0 Å². The minimum absolute atomic E-state index is 1.06. The van der Waals surface area contributed by atoms with Gasteiger partial charge in [-0.05, 0) is 11.8 Å². The molecule has 0 aromatic heterocycles. The van der Waals surface area contributed by atoms with Gasteiger partial charge in [-0.2, -0.15) is 0 Å². The van der Waals surface area contributed by atoms with E-state index in [-0.39, 0.29) is 0 Å². The topological polar surface area (TPSA) is 0 Å². The van der Waals surface area contributed by atoms with E-state index in [0.717, 1.165) is 11.8 Å². The van der Waals surface area contributed by atoms with Gasteiger partial charge in [0.2, 0.25) is 0 Å². The first-order valence-electron chi connectivity index (χ1n) is 11.4. The Hall–Kier alpha value is 0. The molecule has 1 aliphatic carbocycles. The van der Waals surface area contributed by atoms with E-state index in [1.807, 2.05) is 0 Å². The minimum Gasteiger partial charge on any atom is -0.0654 e. The average molecular weight is 323 g/mol. The first-order valence-corrected chi connectivity index (χ1v) is 11.4. The molecule has 0 amide bonds. The summed E-state index contributed by atoms with van der Waals surface area (Å²) in [5.74, 6) is 2.13. The van der Waals surface area contributed by atoms with Gasteiger partial charge < -0.3 is 0 Å². The Morgan fingerprint density at radius 2 is 1.00 bits per heavy atom. The zero-order chi connectivity index (χ0) is 16.6. The van der Waals surface area contributed by atoms with Crippen LogP contribution in [0.3, 0.4) is 0 Å². The van der Waals surface area contributed by atoms with Gasteiger partial charge in [-0.25, -0.2) is 0 Å². The maximum absolute atomic E-state index is 2.35. The summed E-state index contributed by atoms with van der Waals surface area (Å²) in [5, 5.41) is 0. The highest BCUT2D eigenvalue weighted by Crippen LogP contribution is 2.34. The summed E-state index contributed by atoms with van der Waals surface area (Å²) in [7, 11) is 0. The Bertz CT molecular complexity index is 222. The summed E-state index contributed by atoms with van der Waals surface area (Å²) in [5.41, 5.74) is 0. The highest BCUT2D eigenvalue weighted by Gasteiger charge is 2.21. The first kappa shape index (κ1) is 21.0. The van der Waals surface area contributed by atoms with Crippen molar-refractivity contribution in [2.45, 2.75) is 136 Å². The molecule has 0 aromatic rings. The van der Waals surface area contributed by atoms with Crippen LogP contribution in [0.5, 0.6) is 0 Å². The number of unbranched alkanes of at least 4 members (excludes halogenated alkanes) is 7. The van der Waals surface area contributed by atoms with Crippen molar-refractivity contribution in [1.29, 1.82) is 0 Å². The van der Waals surface area contributed by atoms with Crippen LogP contribution in [-0.2, 0) is 0 Å². The van der Waals surface area contributed by atoms with Crippen LogP contribution in [0.2, 0.25) is 0 Å². The Kier molecular flexibility index (Phi) is 14.2. The summed E-state index contributed by atoms with van der Waals surface area (Å²) < 4.78 is 0. The van der Waals surface area contributed by atoms with Crippen LogP contribution in [0.4, 0.5) is 0 Å². The van der Waals surface area contributed by atoms with E-state index in [9.17, 15) is 0 Å². The largest absolute Gasteiger partial charge is 0.0654 e. The first-order chi connectivity index (χ1) is 11.4. The molecule has 0 saturated heterocycles. The highest BCUT2D eigenvalue weighted by atomic mass is 14.3. The van der Waals surface area contributed by atoms with E-state index < -0.39 is 0 Å². The standard InChI is InChI=1S/C23H46/c1-3-5-7-8-11-15-19-22(18-14-6-4-2)23-20-16-12-9-10-13-17-21-23/h22-23H,3-21H2,1-2H3. The van der Waals surface area contributed by atoms with Crippen molar-refractivity contribution in [3.8, 4) is 0 Å². The molecule has 1 rings (SSSR count). The number of hydrogen-bond acceptors (Lipinski definition) is 0. The Morgan fingerprint density at radius 1 is 0.565 bits per heavy atom. The van der Waals surface area contributed by atoms with E-state index in [1.54, 1.807) is 19.3 Å². The van der Waals surface area contributed by atoms with E-state index in [1.165, 1.54) is 103 Å². The molecule has 0 nitrogen and oxygen atoms in total. The summed E-state index contributed by atoms with van der Waals surface area (Å²) in [6, 6.07) is 0. The molecular formula is C23H46. The lowest BCUT2D eigenvalue weighted by atomic mass is 9.78. The van der Waals surface area contributed by atoms with Crippen molar-refractivity contribution >= 4 is 0 Å². The van der Waals surface area contributed by atoms with Crippen molar-refractivity contribution in [2.75, 3.05) is 0 Å². The second kappa shape index (κ2) is 15.5. The molecule has 138 valence electrons. The van der Waals surface area contributed by atoms with Crippen LogP contribution in [0.15, 0.2) is 0 Å². The SMILES string of the molecule is CCCCCCCCC(CCCCC)C1CCCCCCCC1. The van der Waals surface area contributed by atoms with Gasteiger partial charge in [0, 0.05) is 0 Å². The smallest absolute Gasteiger partial charge is 0.0386 e. The molecule has 1 unspecified atom stereocenters. The van der Waals surface area contributed by atoms with Crippen molar-refractivity contribution in [1.82, 2.24) is 0 Å². The molecular weight excluding hydrogens is 276 g/mol. The second-order valence-corrected chi connectivity index (χ2v) is 8.27. The molecule has 0 radical (unpaired) electrons. The van der Waals surface area contributed by atoms with Crippen LogP contribution in [0, 0.1) is 11.8 Å². The predicted molar refractivity (Wildman–Crippen MR) is 106 cm³/mol. The van der Waals surface area contributed by atoms with Gasteiger partial charge in [-0.3, -0.25) is 0 Å². The molecule has 23 heavy (non-hydrogen) atoms. The lowest BCUT2D eigenvalue weighted by Gasteiger charge is -2.27.